The zero-order valence-electron chi connectivity index (χ0n) is 9.19. The first-order valence-corrected chi connectivity index (χ1v) is 5.91. The molecule has 0 spiro atoms. The quantitative estimate of drug-likeness (QED) is 0.792. The number of pyridine rings is 1. The lowest BCUT2D eigenvalue weighted by Crippen LogP contribution is -1.92. The third-order valence-corrected chi connectivity index (χ3v) is 2.94. The normalized spacial score (nSPS) is 10.4. The highest BCUT2D eigenvalue weighted by Crippen LogP contribution is 2.19. The van der Waals surface area contributed by atoms with E-state index in [9.17, 15) is 0 Å². The summed E-state index contributed by atoms with van der Waals surface area (Å²) < 4.78 is 0. The molecule has 5 nitrogen and oxygen atoms in total. The number of H-pyrrole nitrogens is 1. The Hall–Kier alpha value is -1.56. The second kappa shape index (κ2) is 4.98. The summed E-state index contributed by atoms with van der Waals surface area (Å²) in [4.78, 5) is 8.39. The van der Waals surface area contributed by atoms with Gasteiger partial charge in [0.05, 0.1) is 0 Å². The zero-order valence-corrected chi connectivity index (χ0v) is 10.0. The summed E-state index contributed by atoms with van der Waals surface area (Å²) in [6.07, 6.45) is 1.80. The van der Waals surface area contributed by atoms with E-state index in [1.165, 1.54) is 5.56 Å². The minimum atomic E-state index is 0.778. The molecule has 84 valence electrons. The van der Waals surface area contributed by atoms with E-state index in [1.807, 2.05) is 26.1 Å². The number of hydrogen-bond acceptors (Lipinski definition) is 5. The van der Waals surface area contributed by atoms with Gasteiger partial charge in [0.25, 0.3) is 0 Å². The van der Waals surface area contributed by atoms with Crippen LogP contribution in [0.1, 0.15) is 11.4 Å². The van der Waals surface area contributed by atoms with Crippen molar-refractivity contribution < 1.29 is 0 Å². The summed E-state index contributed by atoms with van der Waals surface area (Å²) >= 11 is 1.60. The highest BCUT2D eigenvalue weighted by molar-refractivity contribution is 7.98. The van der Waals surface area contributed by atoms with Gasteiger partial charge in [-0.05, 0) is 24.6 Å². The molecule has 0 saturated carbocycles. The van der Waals surface area contributed by atoms with Crippen LogP contribution >= 0.6 is 11.8 Å². The summed E-state index contributed by atoms with van der Waals surface area (Å²) in [5.41, 5.74) is 1.20. The molecule has 0 fully saturated rings. The predicted octanol–water partition coefficient (Wildman–Crippen LogP) is 1.84. The second-order valence-electron chi connectivity index (χ2n) is 3.29. The van der Waals surface area contributed by atoms with Crippen LogP contribution in [-0.2, 0) is 5.75 Å². The molecule has 2 rings (SSSR count). The molecule has 2 heterocycles. The van der Waals surface area contributed by atoms with Crippen LogP contribution in [-0.4, -0.2) is 27.2 Å². The lowest BCUT2D eigenvalue weighted by Gasteiger charge is -2.01. The largest absolute Gasteiger partial charge is 0.373 e. The number of aromatic amines is 1. The van der Waals surface area contributed by atoms with Crippen LogP contribution in [0.3, 0.4) is 0 Å². The average Bonchev–Trinajstić information content (AvgIpc) is 2.73. The monoisotopic (exact) mass is 235 g/mol. The standard InChI is InChI=1S/C10H13N5S/c1-7-13-10(15-14-7)16-6-8-3-4-12-9(5-8)11-2/h3-5H,6H2,1-2H3,(H,11,12)(H,13,14,15). The van der Waals surface area contributed by atoms with E-state index in [-0.39, 0.29) is 0 Å². The number of anilines is 1. The molecule has 0 bridgehead atoms. The molecule has 2 aromatic rings. The summed E-state index contributed by atoms with van der Waals surface area (Å²) in [6, 6.07) is 4.01. The third-order valence-electron chi connectivity index (χ3n) is 2.03. The molecule has 16 heavy (non-hydrogen) atoms. The summed E-state index contributed by atoms with van der Waals surface area (Å²) in [6.45, 7) is 1.89. The highest BCUT2D eigenvalue weighted by Gasteiger charge is 2.02. The van der Waals surface area contributed by atoms with Crippen LogP contribution in [0.2, 0.25) is 0 Å². The molecule has 0 aliphatic rings. The lowest BCUT2D eigenvalue weighted by molar-refractivity contribution is 0.969. The van der Waals surface area contributed by atoms with Gasteiger partial charge >= 0.3 is 0 Å². The lowest BCUT2D eigenvalue weighted by atomic mass is 10.3. The summed E-state index contributed by atoms with van der Waals surface area (Å²) in [5.74, 6) is 2.56. The van der Waals surface area contributed by atoms with Gasteiger partial charge in [0, 0.05) is 19.0 Å². The first-order valence-electron chi connectivity index (χ1n) is 4.92. The van der Waals surface area contributed by atoms with Crippen molar-refractivity contribution in [3.63, 3.8) is 0 Å². The van der Waals surface area contributed by atoms with Crippen LogP contribution in [0.4, 0.5) is 5.82 Å². The molecule has 0 atom stereocenters. The van der Waals surface area contributed by atoms with E-state index >= 15 is 0 Å². The first kappa shape index (κ1) is 10.9. The molecule has 0 aliphatic carbocycles. The molecule has 0 saturated heterocycles. The molecular weight excluding hydrogens is 222 g/mol. The van der Waals surface area contributed by atoms with Gasteiger partial charge in [0.1, 0.15) is 11.6 Å². The van der Waals surface area contributed by atoms with Crippen molar-refractivity contribution >= 4 is 17.6 Å². The third kappa shape index (κ3) is 2.73. The number of rotatable bonds is 4. The first-order chi connectivity index (χ1) is 7.78. The number of thioether (sulfide) groups is 1. The van der Waals surface area contributed by atoms with E-state index in [0.29, 0.717) is 0 Å². The van der Waals surface area contributed by atoms with Gasteiger partial charge in [0.15, 0.2) is 0 Å². The Balaban J connectivity index is 1.99. The Labute approximate surface area is 98.1 Å². The molecule has 0 radical (unpaired) electrons. The molecule has 0 aliphatic heterocycles. The van der Waals surface area contributed by atoms with Gasteiger partial charge in [-0.25, -0.2) is 9.97 Å². The number of aryl methyl sites for hydroxylation is 1. The maximum atomic E-state index is 4.23. The Morgan fingerprint density at radius 3 is 3.06 bits per heavy atom. The van der Waals surface area contributed by atoms with Gasteiger partial charge in [0.2, 0.25) is 5.16 Å². The predicted molar refractivity (Wildman–Crippen MR) is 64.5 cm³/mol. The van der Waals surface area contributed by atoms with Crippen molar-refractivity contribution in [2.45, 2.75) is 17.8 Å². The SMILES string of the molecule is CNc1cc(CSc2n[nH]c(C)n2)ccn1. The van der Waals surface area contributed by atoms with E-state index in [4.69, 9.17) is 0 Å². The van der Waals surface area contributed by atoms with Crippen LogP contribution in [0.15, 0.2) is 23.5 Å². The average molecular weight is 235 g/mol. The molecule has 0 unspecified atom stereocenters. The molecular formula is C10H13N5S. The number of hydrogen-bond donors (Lipinski definition) is 2. The van der Waals surface area contributed by atoms with Gasteiger partial charge in [-0.2, -0.15) is 0 Å². The second-order valence-corrected chi connectivity index (χ2v) is 4.23. The summed E-state index contributed by atoms with van der Waals surface area (Å²) in [5, 5.41) is 10.7. The van der Waals surface area contributed by atoms with E-state index in [0.717, 1.165) is 22.6 Å². The number of nitrogens with zero attached hydrogens (tertiary/aromatic N) is 3. The van der Waals surface area contributed by atoms with Crippen molar-refractivity contribution in [2.75, 3.05) is 12.4 Å². The van der Waals surface area contributed by atoms with Gasteiger partial charge in [-0.15, -0.1) is 5.10 Å². The van der Waals surface area contributed by atoms with Gasteiger partial charge < -0.3 is 5.32 Å². The molecule has 6 heteroatoms. The highest BCUT2D eigenvalue weighted by atomic mass is 32.2. The minimum Gasteiger partial charge on any atom is -0.373 e. The van der Waals surface area contributed by atoms with Crippen molar-refractivity contribution in [1.82, 2.24) is 20.2 Å². The van der Waals surface area contributed by atoms with Crippen molar-refractivity contribution in [3.05, 3.63) is 29.7 Å². The fourth-order valence-electron chi connectivity index (χ4n) is 1.24. The molecule has 0 amide bonds. The van der Waals surface area contributed by atoms with Crippen molar-refractivity contribution in [1.29, 1.82) is 0 Å². The zero-order chi connectivity index (χ0) is 11.4. The number of aromatic nitrogens is 4. The van der Waals surface area contributed by atoms with Crippen LogP contribution < -0.4 is 5.32 Å². The topological polar surface area (TPSA) is 66.5 Å². The molecule has 2 aromatic heterocycles. The minimum absolute atomic E-state index is 0.778. The Morgan fingerprint density at radius 2 is 2.38 bits per heavy atom. The van der Waals surface area contributed by atoms with Crippen molar-refractivity contribution in [2.24, 2.45) is 0 Å². The Morgan fingerprint density at radius 1 is 1.50 bits per heavy atom. The van der Waals surface area contributed by atoms with Crippen LogP contribution in [0.5, 0.6) is 0 Å². The van der Waals surface area contributed by atoms with Gasteiger partial charge in [-0.1, -0.05) is 11.8 Å². The smallest absolute Gasteiger partial charge is 0.208 e. The van der Waals surface area contributed by atoms with Gasteiger partial charge in [-0.3, -0.25) is 5.10 Å². The van der Waals surface area contributed by atoms with Crippen LogP contribution in [0, 0.1) is 6.92 Å². The fourth-order valence-corrected chi connectivity index (χ4v) is 2.02. The number of nitrogens with one attached hydrogen (secondary N) is 2. The molecule has 2 N–H and O–H groups in total. The van der Waals surface area contributed by atoms with E-state index in [2.05, 4.69) is 25.5 Å². The van der Waals surface area contributed by atoms with E-state index < -0.39 is 0 Å². The van der Waals surface area contributed by atoms with Crippen molar-refractivity contribution in [3.8, 4) is 0 Å². The maximum absolute atomic E-state index is 4.23. The Bertz CT molecular complexity index is 468. The summed E-state index contributed by atoms with van der Waals surface area (Å²) in [7, 11) is 1.86. The Kier molecular flexibility index (Phi) is 3.40. The fraction of sp³-hybridized carbons (Fsp3) is 0.300. The maximum Gasteiger partial charge on any atom is 0.208 e. The van der Waals surface area contributed by atoms with E-state index in [1.54, 1.807) is 18.0 Å². The van der Waals surface area contributed by atoms with Crippen LogP contribution in [0.25, 0.3) is 0 Å². The molecule has 0 aromatic carbocycles.